The Morgan fingerprint density at radius 2 is 1.83 bits per heavy atom. The molecule has 1 aliphatic rings. The van der Waals surface area contributed by atoms with E-state index in [0.29, 0.717) is 18.7 Å². The third-order valence-corrected chi connectivity index (χ3v) is 4.29. The van der Waals surface area contributed by atoms with Gasteiger partial charge in [0.1, 0.15) is 5.82 Å². The van der Waals surface area contributed by atoms with Gasteiger partial charge in [0.15, 0.2) is 0 Å². The van der Waals surface area contributed by atoms with E-state index in [1.54, 1.807) is 17.2 Å². The van der Waals surface area contributed by atoms with Crippen LogP contribution in [0.15, 0.2) is 18.3 Å². The van der Waals surface area contributed by atoms with Gasteiger partial charge in [0, 0.05) is 23.3 Å². The summed E-state index contributed by atoms with van der Waals surface area (Å²) in [6, 6.07) is 3.58. The van der Waals surface area contributed by atoms with Gasteiger partial charge in [-0.15, -0.1) is 0 Å². The number of nitrogens with one attached hydrogen (secondary N) is 1. The van der Waals surface area contributed by atoms with Gasteiger partial charge in [-0.3, -0.25) is 9.59 Å². The van der Waals surface area contributed by atoms with Gasteiger partial charge >= 0.3 is 11.8 Å². The molecule has 0 atom stereocenters. The molecule has 3 N–H and O–H groups in total. The summed E-state index contributed by atoms with van der Waals surface area (Å²) in [6.07, 6.45) is 2.93. The molecule has 126 valence electrons. The number of pyridine rings is 1. The number of likely N-dealkylation sites (tertiary alicyclic amines) is 1. The van der Waals surface area contributed by atoms with Crippen LogP contribution in [0.3, 0.4) is 0 Å². The lowest BCUT2D eigenvalue weighted by atomic mass is 9.77. The van der Waals surface area contributed by atoms with E-state index in [9.17, 15) is 9.59 Å². The Kier molecular flexibility index (Phi) is 4.48. The van der Waals surface area contributed by atoms with Crippen molar-refractivity contribution in [2.45, 2.75) is 64.6 Å². The van der Waals surface area contributed by atoms with Crippen molar-refractivity contribution in [1.82, 2.24) is 9.88 Å². The minimum absolute atomic E-state index is 0.0190. The lowest BCUT2D eigenvalue weighted by molar-refractivity contribution is -0.156. The first-order valence-electron chi connectivity index (χ1n) is 7.87. The van der Waals surface area contributed by atoms with Gasteiger partial charge < -0.3 is 16.0 Å². The first-order chi connectivity index (χ1) is 10.5. The molecule has 6 nitrogen and oxygen atoms in total. The minimum Gasteiger partial charge on any atom is -0.328 e. The van der Waals surface area contributed by atoms with E-state index in [-0.39, 0.29) is 6.04 Å². The molecular formula is C17H26N4O2. The molecular weight excluding hydrogens is 292 g/mol. The molecule has 0 aliphatic carbocycles. The number of hydrogen-bond donors (Lipinski definition) is 2. The number of nitrogens with two attached hydrogens (primary N) is 1. The minimum atomic E-state index is -0.667. The summed E-state index contributed by atoms with van der Waals surface area (Å²) in [7, 11) is 0. The summed E-state index contributed by atoms with van der Waals surface area (Å²) < 4.78 is 0. The summed E-state index contributed by atoms with van der Waals surface area (Å²) in [5.41, 5.74) is 6.13. The number of aryl methyl sites for hydroxylation is 1. The highest BCUT2D eigenvalue weighted by Gasteiger charge is 2.48. The summed E-state index contributed by atoms with van der Waals surface area (Å²) >= 11 is 0. The molecule has 0 spiro atoms. The molecule has 0 aromatic carbocycles. The van der Waals surface area contributed by atoms with Crippen LogP contribution in [-0.4, -0.2) is 38.8 Å². The van der Waals surface area contributed by atoms with Crippen LogP contribution in [0.1, 0.15) is 46.1 Å². The molecule has 2 amide bonds. The molecule has 0 saturated carbocycles. The average molecular weight is 318 g/mol. The Morgan fingerprint density at radius 3 is 2.35 bits per heavy atom. The number of aromatic nitrogens is 1. The Balaban J connectivity index is 2.22. The van der Waals surface area contributed by atoms with E-state index in [4.69, 9.17) is 5.73 Å². The van der Waals surface area contributed by atoms with Crippen molar-refractivity contribution in [1.29, 1.82) is 0 Å². The highest BCUT2D eigenvalue weighted by molar-refractivity contribution is 6.39. The van der Waals surface area contributed by atoms with Crippen LogP contribution < -0.4 is 11.1 Å². The number of carbonyl (C=O) groups is 2. The molecule has 0 radical (unpaired) electrons. The van der Waals surface area contributed by atoms with Crippen molar-refractivity contribution in [3.63, 3.8) is 0 Å². The van der Waals surface area contributed by atoms with Crippen molar-refractivity contribution in [2.75, 3.05) is 5.32 Å². The Morgan fingerprint density at radius 1 is 1.26 bits per heavy atom. The van der Waals surface area contributed by atoms with E-state index in [0.717, 1.165) is 5.56 Å². The van der Waals surface area contributed by atoms with Crippen LogP contribution in [0.5, 0.6) is 0 Å². The molecule has 1 aromatic heterocycles. The second-order valence-corrected chi connectivity index (χ2v) is 7.61. The van der Waals surface area contributed by atoms with E-state index < -0.39 is 22.9 Å². The van der Waals surface area contributed by atoms with Crippen molar-refractivity contribution in [3.05, 3.63) is 23.9 Å². The fourth-order valence-electron chi connectivity index (χ4n) is 3.78. The predicted molar refractivity (Wildman–Crippen MR) is 89.8 cm³/mol. The highest BCUT2D eigenvalue weighted by Crippen LogP contribution is 2.37. The first-order valence-corrected chi connectivity index (χ1v) is 7.87. The molecule has 1 fully saturated rings. The zero-order chi connectivity index (χ0) is 17.4. The number of anilines is 1. The second kappa shape index (κ2) is 5.92. The van der Waals surface area contributed by atoms with Gasteiger partial charge in [-0.1, -0.05) is 0 Å². The van der Waals surface area contributed by atoms with Gasteiger partial charge in [0.25, 0.3) is 0 Å². The van der Waals surface area contributed by atoms with Crippen molar-refractivity contribution in [2.24, 2.45) is 5.73 Å². The van der Waals surface area contributed by atoms with Gasteiger partial charge in [0.05, 0.1) is 0 Å². The average Bonchev–Trinajstić information content (AvgIpc) is 2.34. The van der Waals surface area contributed by atoms with Crippen molar-refractivity contribution in [3.8, 4) is 0 Å². The standard InChI is InChI=1S/C17H26N4O2/c1-11-6-7-19-13(8-11)20-14(22)15(23)21-16(2,3)9-12(18)10-17(21,4)5/h6-8,12H,9-10,18H2,1-5H3,(H,19,20,22). The number of amides is 2. The number of rotatable bonds is 1. The summed E-state index contributed by atoms with van der Waals surface area (Å²) in [6.45, 7) is 9.69. The maximum Gasteiger partial charge on any atom is 0.315 e. The first kappa shape index (κ1) is 17.4. The normalized spacial score (nSPS) is 20.2. The van der Waals surface area contributed by atoms with Gasteiger partial charge in [-0.05, 0) is 65.2 Å². The summed E-state index contributed by atoms with van der Waals surface area (Å²) in [5.74, 6) is -0.831. The van der Waals surface area contributed by atoms with Crippen LogP contribution in [0.25, 0.3) is 0 Å². The maximum atomic E-state index is 12.8. The second-order valence-electron chi connectivity index (χ2n) is 7.61. The topological polar surface area (TPSA) is 88.3 Å². The number of piperidine rings is 1. The maximum absolute atomic E-state index is 12.8. The van der Waals surface area contributed by atoms with Gasteiger partial charge in [0.2, 0.25) is 0 Å². The van der Waals surface area contributed by atoms with Crippen molar-refractivity contribution < 1.29 is 9.59 Å². The third-order valence-electron chi connectivity index (χ3n) is 4.29. The zero-order valence-corrected chi connectivity index (χ0v) is 14.5. The molecule has 23 heavy (non-hydrogen) atoms. The summed E-state index contributed by atoms with van der Waals surface area (Å²) in [4.78, 5) is 30.9. The SMILES string of the molecule is Cc1ccnc(NC(=O)C(=O)N2C(C)(C)CC(N)CC2(C)C)c1. The zero-order valence-electron chi connectivity index (χ0n) is 14.5. The van der Waals surface area contributed by atoms with E-state index in [2.05, 4.69) is 10.3 Å². The molecule has 2 heterocycles. The van der Waals surface area contributed by atoms with E-state index in [1.165, 1.54) is 0 Å². The monoisotopic (exact) mass is 318 g/mol. The molecule has 1 saturated heterocycles. The predicted octanol–water partition coefficient (Wildman–Crippen LogP) is 1.84. The third kappa shape index (κ3) is 3.69. The molecule has 0 bridgehead atoms. The fraction of sp³-hybridized carbons (Fsp3) is 0.588. The Labute approximate surface area is 137 Å². The molecule has 1 aromatic rings. The van der Waals surface area contributed by atoms with E-state index in [1.807, 2.05) is 40.7 Å². The number of nitrogens with zero attached hydrogens (tertiary/aromatic N) is 2. The summed E-state index contributed by atoms with van der Waals surface area (Å²) in [5, 5.41) is 2.59. The highest BCUT2D eigenvalue weighted by atomic mass is 16.2. The van der Waals surface area contributed by atoms with Gasteiger partial charge in [-0.25, -0.2) is 4.98 Å². The van der Waals surface area contributed by atoms with Crippen LogP contribution in [0.4, 0.5) is 5.82 Å². The number of hydrogen-bond acceptors (Lipinski definition) is 4. The quantitative estimate of drug-likeness (QED) is 0.773. The smallest absolute Gasteiger partial charge is 0.315 e. The molecule has 6 heteroatoms. The van der Waals surface area contributed by atoms with Crippen LogP contribution in [0.2, 0.25) is 0 Å². The largest absolute Gasteiger partial charge is 0.328 e. The van der Waals surface area contributed by atoms with E-state index >= 15 is 0 Å². The molecule has 2 rings (SSSR count). The van der Waals surface area contributed by atoms with Crippen LogP contribution in [-0.2, 0) is 9.59 Å². The lowest BCUT2D eigenvalue weighted by Crippen LogP contribution is -2.66. The van der Waals surface area contributed by atoms with Crippen LogP contribution in [0, 0.1) is 6.92 Å². The van der Waals surface area contributed by atoms with Crippen LogP contribution >= 0.6 is 0 Å². The molecule has 1 aliphatic heterocycles. The Hall–Kier alpha value is -1.95. The fourth-order valence-corrected chi connectivity index (χ4v) is 3.78. The Bertz CT molecular complexity index is 607. The van der Waals surface area contributed by atoms with Crippen molar-refractivity contribution >= 4 is 17.6 Å². The lowest BCUT2D eigenvalue weighted by Gasteiger charge is -2.54. The van der Waals surface area contributed by atoms with Gasteiger partial charge in [-0.2, -0.15) is 0 Å². The number of carbonyl (C=O) groups excluding carboxylic acids is 2. The molecule has 0 unspecified atom stereocenters.